The summed E-state index contributed by atoms with van der Waals surface area (Å²) in [6.07, 6.45) is 4.33. The Bertz CT molecular complexity index is 566. The van der Waals surface area contributed by atoms with Crippen molar-refractivity contribution in [2.24, 2.45) is 5.92 Å². The summed E-state index contributed by atoms with van der Waals surface area (Å²) in [5.41, 5.74) is 0. The Labute approximate surface area is 113 Å². The van der Waals surface area contributed by atoms with Gasteiger partial charge in [0.05, 0.1) is 6.20 Å². The predicted molar refractivity (Wildman–Crippen MR) is 71.3 cm³/mol. The summed E-state index contributed by atoms with van der Waals surface area (Å²) in [4.78, 5) is 4.20. The third-order valence-corrected chi connectivity index (χ3v) is 5.58. The summed E-state index contributed by atoms with van der Waals surface area (Å²) in [5, 5.41) is 3.55. The zero-order valence-electron chi connectivity index (χ0n) is 11.1. The largest absolute Gasteiger partial charge is 0.318 e. The molecule has 0 radical (unpaired) electrons. The molecular formula is C12H20N4O2S. The number of aromatic nitrogens is 2. The molecule has 2 N–H and O–H groups in total. The normalized spacial score (nSPS) is 27.4. The molecular weight excluding hydrogens is 264 g/mol. The standard InChI is InChI=1S/C12H20N4O2S/c1-9-4-5-13-7-10(9)15-19(17,18)12-8-14-11-3-2-6-16(11)12/h8-10,13,15H,2-7H2,1H3. The van der Waals surface area contributed by atoms with Gasteiger partial charge in [0.15, 0.2) is 5.03 Å². The van der Waals surface area contributed by atoms with Crippen molar-refractivity contribution in [3.05, 3.63) is 12.0 Å². The lowest BCUT2D eigenvalue weighted by Crippen LogP contribution is -2.50. The summed E-state index contributed by atoms with van der Waals surface area (Å²) in [6.45, 7) is 4.50. The quantitative estimate of drug-likeness (QED) is 0.826. The molecule has 2 atom stereocenters. The summed E-state index contributed by atoms with van der Waals surface area (Å²) in [7, 11) is -3.46. The Morgan fingerprint density at radius 3 is 3.16 bits per heavy atom. The molecule has 3 heterocycles. The Morgan fingerprint density at radius 2 is 2.37 bits per heavy atom. The lowest BCUT2D eigenvalue weighted by molar-refractivity contribution is 0.326. The van der Waals surface area contributed by atoms with E-state index in [1.165, 1.54) is 6.20 Å². The number of hydrogen-bond acceptors (Lipinski definition) is 4. The van der Waals surface area contributed by atoms with Crippen LogP contribution >= 0.6 is 0 Å². The highest BCUT2D eigenvalue weighted by molar-refractivity contribution is 7.89. The lowest BCUT2D eigenvalue weighted by atomic mass is 9.96. The van der Waals surface area contributed by atoms with Crippen molar-refractivity contribution >= 4 is 10.0 Å². The number of fused-ring (bicyclic) bond motifs is 1. The number of sulfonamides is 1. The van der Waals surface area contributed by atoms with Gasteiger partial charge in [-0.05, 0) is 25.3 Å². The van der Waals surface area contributed by atoms with Gasteiger partial charge in [-0.25, -0.2) is 18.1 Å². The molecule has 6 nitrogen and oxygen atoms in total. The third-order valence-electron chi connectivity index (χ3n) is 4.09. The molecule has 0 bridgehead atoms. The lowest BCUT2D eigenvalue weighted by Gasteiger charge is -2.29. The van der Waals surface area contributed by atoms with Crippen LogP contribution in [0.4, 0.5) is 0 Å². The molecule has 106 valence electrons. The molecule has 7 heteroatoms. The maximum absolute atomic E-state index is 12.5. The Hall–Kier alpha value is -0.920. The van der Waals surface area contributed by atoms with Gasteiger partial charge in [-0.15, -0.1) is 0 Å². The first-order valence-electron chi connectivity index (χ1n) is 6.85. The number of aryl methyl sites for hydroxylation is 1. The SMILES string of the molecule is CC1CCNCC1NS(=O)(=O)c1cnc2n1CCC2. The minimum atomic E-state index is -3.46. The molecule has 19 heavy (non-hydrogen) atoms. The average molecular weight is 284 g/mol. The molecule has 0 aliphatic carbocycles. The fourth-order valence-electron chi connectivity index (χ4n) is 2.85. The van der Waals surface area contributed by atoms with Gasteiger partial charge in [0.2, 0.25) is 0 Å². The topological polar surface area (TPSA) is 76.0 Å². The minimum absolute atomic E-state index is 0.0358. The van der Waals surface area contributed by atoms with Crippen molar-refractivity contribution in [3.8, 4) is 0 Å². The van der Waals surface area contributed by atoms with Crippen molar-refractivity contribution in [3.63, 3.8) is 0 Å². The number of piperidine rings is 1. The molecule has 3 rings (SSSR count). The van der Waals surface area contributed by atoms with Crippen molar-refractivity contribution in [1.82, 2.24) is 19.6 Å². The van der Waals surface area contributed by atoms with E-state index in [0.717, 1.165) is 38.2 Å². The molecule has 0 aromatic carbocycles. The van der Waals surface area contributed by atoms with Crippen LogP contribution in [-0.2, 0) is 23.0 Å². The van der Waals surface area contributed by atoms with E-state index in [1.807, 2.05) is 4.57 Å². The van der Waals surface area contributed by atoms with Crippen molar-refractivity contribution in [2.45, 2.75) is 43.8 Å². The fraction of sp³-hybridized carbons (Fsp3) is 0.750. The van der Waals surface area contributed by atoms with Crippen LogP contribution in [-0.4, -0.2) is 37.1 Å². The second kappa shape index (κ2) is 4.88. The van der Waals surface area contributed by atoms with Crippen LogP contribution in [0.2, 0.25) is 0 Å². The Balaban J connectivity index is 1.82. The predicted octanol–water partition coefficient (Wildman–Crippen LogP) is 0.106. The summed E-state index contributed by atoms with van der Waals surface area (Å²) < 4.78 is 29.6. The van der Waals surface area contributed by atoms with E-state index in [0.29, 0.717) is 17.5 Å². The first kappa shape index (κ1) is 13.1. The van der Waals surface area contributed by atoms with E-state index >= 15 is 0 Å². The van der Waals surface area contributed by atoms with Crippen LogP contribution in [0.3, 0.4) is 0 Å². The smallest absolute Gasteiger partial charge is 0.258 e. The monoisotopic (exact) mass is 284 g/mol. The van der Waals surface area contributed by atoms with Gasteiger partial charge in [-0.3, -0.25) is 0 Å². The van der Waals surface area contributed by atoms with Gasteiger partial charge in [0.25, 0.3) is 10.0 Å². The molecule has 1 aromatic rings. The van der Waals surface area contributed by atoms with E-state index < -0.39 is 10.0 Å². The van der Waals surface area contributed by atoms with E-state index in [4.69, 9.17) is 0 Å². The minimum Gasteiger partial charge on any atom is -0.318 e. The summed E-state index contributed by atoms with van der Waals surface area (Å²) in [5.74, 6) is 1.24. The molecule has 2 aliphatic heterocycles. The highest BCUT2D eigenvalue weighted by Crippen LogP contribution is 2.21. The molecule has 1 saturated heterocycles. The molecule has 2 aliphatic rings. The van der Waals surface area contributed by atoms with Gasteiger partial charge in [0, 0.05) is 25.6 Å². The number of nitrogens with one attached hydrogen (secondary N) is 2. The highest BCUT2D eigenvalue weighted by Gasteiger charge is 2.30. The van der Waals surface area contributed by atoms with Crippen LogP contribution < -0.4 is 10.0 Å². The summed E-state index contributed by atoms with van der Waals surface area (Å²) >= 11 is 0. The van der Waals surface area contributed by atoms with Crippen molar-refractivity contribution in [1.29, 1.82) is 0 Å². The number of imidazole rings is 1. The summed E-state index contributed by atoms with van der Waals surface area (Å²) in [6, 6.07) is -0.0358. The van der Waals surface area contributed by atoms with E-state index in [2.05, 4.69) is 21.9 Å². The third kappa shape index (κ3) is 2.42. The van der Waals surface area contributed by atoms with E-state index in [-0.39, 0.29) is 6.04 Å². The van der Waals surface area contributed by atoms with Gasteiger partial charge < -0.3 is 9.88 Å². The number of nitrogens with zero attached hydrogens (tertiary/aromatic N) is 2. The first-order chi connectivity index (χ1) is 9.08. The second-order valence-electron chi connectivity index (χ2n) is 5.47. The van der Waals surface area contributed by atoms with Gasteiger partial charge in [-0.1, -0.05) is 6.92 Å². The second-order valence-corrected chi connectivity index (χ2v) is 7.13. The maximum Gasteiger partial charge on any atom is 0.258 e. The Kier molecular flexibility index (Phi) is 3.36. The van der Waals surface area contributed by atoms with Gasteiger partial charge in [-0.2, -0.15) is 0 Å². The maximum atomic E-state index is 12.5. The number of hydrogen-bond donors (Lipinski definition) is 2. The van der Waals surface area contributed by atoms with Crippen LogP contribution in [0, 0.1) is 5.92 Å². The van der Waals surface area contributed by atoms with Crippen LogP contribution in [0.5, 0.6) is 0 Å². The van der Waals surface area contributed by atoms with E-state index in [9.17, 15) is 8.42 Å². The fourth-order valence-corrected chi connectivity index (χ4v) is 4.37. The molecule has 1 aromatic heterocycles. The zero-order chi connectivity index (χ0) is 13.5. The molecule has 1 fully saturated rings. The molecule has 0 spiro atoms. The first-order valence-corrected chi connectivity index (χ1v) is 8.34. The van der Waals surface area contributed by atoms with Gasteiger partial charge in [0.1, 0.15) is 5.82 Å². The van der Waals surface area contributed by atoms with Crippen LogP contribution in [0.25, 0.3) is 0 Å². The highest BCUT2D eigenvalue weighted by atomic mass is 32.2. The zero-order valence-corrected chi connectivity index (χ0v) is 11.9. The van der Waals surface area contributed by atoms with Crippen molar-refractivity contribution in [2.75, 3.05) is 13.1 Å². The van der Waals surface area contributed by atoms with E-state index in [1.54, 1.807) is 0 Å². The van der Waals surface area contributed by atoms with Gasteiger partial charge >= 0.3 is 0 Å². The average Bonchev–Trinajstić information content (AvgIpc) is 2.93. The van der Waals surface area contributed by atoms with Crippen LogP contribution in [0.15, 0.2) is 11.2 Å². The van der Waals surface area contributed by atoms with Crippen molar-refractivity contribution < 1.29 is 8.42 Å². The number of rotatable bonds is 3. The Morgan fingerprint density at radius 1 is 1.53 bits per heavy atom. The molecule has 2 unspecified atom stereocenters. The van der Waals surface area contributed by atoms with Crippen LogP contribution in [0.1, 0.15) is 25.6 Å². The molecule has 0 saturated carbocycles. The molecule has 0 amide bonds.